The van der Waals surface area contributed by atoms with Crippen LogP contribution in [0.25, 0.3) is 0 Å². The van der Waals surface area contributed by atoms with Crippen molar-refractivity contribution < 1.29 is 17.5 Å². The molecule has 0 spiro atoms. The predicted molar refractivity (Wildman–Crippen MR) is 113 cm³/mol. The summed E-state index contributed by atoms with van der Waals surface area (Å²) in [6.07, 6.45) is 1.72. The van der Waals surface area contributed by atoms with Crippen molar-refractivity contribution in [1.29, 1.82) is 0 Å². The maximum Gasteiger partial charge on any atom is 0.266 e. The van der Waals surface area contributed by atoms with Crippen LogP contribution >= 0.6 is 23.1 Å². The first-order chi connectivity index (χ1) is 14.3. The Balaban J connectivity index is 1.60. The zero-order chi connectivity index (χ0) is 21.3. The Morgan fingerprint density at radius 3 is 2.97 bits per heavy atom. The smallest absolute Gasteiger partial charge is 0.266 e. The molecule has 4 rings (SSSR count). The summed E-state index contributed by atoms with van der Waals surface area (Å²) in [6, 6.07) is 8.04. The summed E-state index contributed by atoms with van der Waals surface area (Å²) in [5.74, 6) is -0.909. The van der Waals surface area contributed by atoms with Crippen molar-refractivity contribution in [3.63, 3.8) is 0 Å². The van der Waals surface area contributed by atoms with Gasteiger partial charge in [0.15, 0.2) is 0 Å². The zero-order valence-electron chi connectivity index (χ0n) is 15.9. The number of benzene rings is 2. The molecule has 2 N–H and O–H groups in total. The maximum absolute atomic E-state index is 14.7. The van der Waals surface area contributed by atoms with Crippen LogP contribution in [0.5, 0.6) is 5.75 Å². The van der Waals surface area contributed by atoms with E-state index < -0.39 is 26.8 Å². The normalized spacial score (nSPS) is 14.8. The molecule has 0 saturated carbocycles. The van der Waals surface area contributed by atoms with Crippen LogP contribution in [0, 0.1) is 5.82 Å². The third-order valence-corrected chi connectivity index (χ3v) is 7.14. The number of fused-ring (bicyclic) bond motifs is 1. The van der Waals surface area contributed by atoms with E-state index in [-0.39, 0.29) is 15.9 Å². The molecule has 2 heterocycles. The van der Waals surface area contributed by atoms with E-state index in [9.17, 15) is 12.8 Å². The fourth-order valence-corrected chi connectivity index (χ4v) is 5.39. The Labute approximate surface area is 182 Å². The van der Waals surface area contributed by atoms with E-state index in [0.717, 1.165) is 54.3 Å². The second kappa shape index (κ2) is 8.46. The number of sulfonamides is 1. The Morgan fingerprint density at radius 1 is 1.37 bits per heavy atom. The van der Waals surface area contributed by atoms with Crippen LogP contribution in [0.1, 0.15) is 29.7 Å². The first-order valence-corrected chi connectivity index (χ1v) is 11.7. The first kappa shape index (κ1) is 21.0. The number of ether oxygens (including phenoxy) is 1. The number of rotatable bonds is 6. The Bertz CT molecular complexity index is 1170. The SMILES string of the molecule is C[C@H](Oc1cc(F)c(S(=O)(=O)Nc2ncns2)cc1Cl)c1cccc2c1CNCC2. The van der Waals surface area contributed by atoms with Gasteiger partial charge in [0.05, 0.1) is 5.02 Å². The summed E-state index contributed by atoms with van der Waals surface area (Å²) in [5, 5.41) is 3.36. The average molecular weight is 469 g/mol. The third kappa shape index (κ3) is 4.27. The van der Waals surface area contributed by atoms with E-state index in [1.54, 1.807) is 0 Å². The molecule has 0 aliphatic carbocycles. The molecule has 1 aliphatic heterocycles. The summed E-state index contributed by atoms with van der Waals surface area (Å²) in [6.45, 7) is 3.50. The molecule has 1 atom stereocenters. The molecule has 1 aromatic heterocycles. The standard InChI is InChI=1S/C19H18ClFN4O3S2/c1-11(13-4-2-3-12-5-6-22-9-14(12)13)28-17-8-16(21)18(7-15(17)20)30(26,27)25-19-23-10-24-29-19/h2-4,7-8,10-11,22H,5-6,9H2,1H3,(H,23,24,25)/t11-/m0/s1. The number of halogens is 2. The highest BCUT2D eigenvalue weighted by atomic mass is 35.5. The number of nitrogens with one attached hydrogen (secondary N) is 2. The van der Waals surface area contributed by atoms with Crippen molar-refractivity contribution in [2.24, 2.45) is 0 Å². The lowest BCUT2D eigenvalue weighted by Gasteiger charge is -2.24. The molecule has 0 saturated heterocycles. The molecule has 1 aliphatic rings. The molecule has 3 aromatic rings. The van der Waals surface area contributed by atoms with Crippen molar-refractivity contribution in [1.82, 2.24) is 14.7 Å². The third-order valence-electron chi connectivity index (χ3n) is 4.78. The Morgan fingerprint density at radius 2 is 2.20 bits per heavy atom. The van der Waals surface area contributed by atoms with Crippen LogP contribution in [0.2, 0.25) is 5.02 Å². The molecule has 158 valence electrons. The van der Waals surface area contributed by atoms with Gasteiger partial charge in [0.2, 0.25) is 5.13 Å². The van der Waals surface area contributed by atoms with Crippen molar-refractivity contribution in [3.05, 3.63) is 64.2 Å². The quantitative estimate of drug-likeness (QED) is 0.569. The highest BCUT2D eigenvalue weighted by molar-refractivity contribution is 7.93. The topological polar surface area (TPSA) is 93.2 Å². The van der Waals surface area contributed by atoms with E-state index in [1.807, 2.05) is 19.1 Å². The number of hydrogen-bond acceptors (Lipinski definition) is 7. The van der Waals surface area contributed by atoms with Gasteiger partial charge in [-0.15, -0.1) is 0 Å². The number of aromatic nitrogens is 2. The monoisotopic (exact) mass is 468 g/mol. The first-order valence-electron chi connectivity index (χ1n) is 9.12. The minimum absolute atomic E-state index is 0.0104. The minimum atomic E-state index is -4.21. The lowest BCUT2D eigenvalue weighted by atomic mass is 9.93. The minimum Gasteiger partial charge on any atom is -0.484 e. The van der Waals surface area contributed by atoms with Gasteiger partial charge in [-0.1, -0.05) is 29.8 Å². The average Bonchev–Trinajstić information content (AvgIpc) is 3.22. The molecular weight excluding hydrogens is 451 g/mol. The summed E-state index contributed by atoms with van der Waals surface area (Å²) < 4.78 is 51.4. The van der Waals surface area contributed by atoms with Crippen LogP contribution < -0.4 is 14.8 Å². The van der Waals surface area contributed by atoms with Gasteiger partial charge in [-0.05, 0) is 42.6 Å². The van der Waals surface area contributed by atoms with Gasteiger partial charge in [-0.2, -0.15) is 4.37 Å². The van der Waals surface area contributed by atoms with Crippen LogP contribution in [0.4, 0.5) is 9.52 Å². The summed E-state index contributed by atoms with van der Waals surface area (Å²) >= 11 is 7.08. The van der Waals surface area contributed by atoms with Gasteiger partial charge in [-0.25, -0.2) is 17.8 Å². The van der Waals surface area contributed by atoms with Crippen LogP contribution in [0.3, 0.4) is 0 Å². The van der Waals surface area contributed by atoms with E-state index >= 15 is 0 Å². The largest absolute Gasteiger partial charge is 0.484 e. The van der Waals surface area contributed by atoms with Crippen LogP contribution in [-0.4, -0.2) is 24.3 Å². The molecule has 0 unspecified atom stereocenters. The molecule has 30 heavy (non-hydrogen) atoms. The fraction of sp³-hybridized carbons (Fsp3) is 0.263. The van der Waals surface area contributed by atoms with E-state index in [2.05, 4.69) is 25.5 Å². The van der Waals surface area contributed by atoms with Crippen molar-refractivity contribution in [3.8, 4) is 5.75 Å². The van der Waals surface area contributed by atoms with Gasteiger partial charge in [0.1, 0.15) is 28.9 Å². The van der Waals surface area contributed by atoms with Crippen LogP contribution in [-0.2, 0) is 23.0 Å². The van der Waals surface area contributed by atoms with Crippen LogP contribution in [0.15, 0.2) is 41.6 Å². The van der Waals surface area contributed by atoms with Gasteiger partial charge < -0.3 is 10.1 Å². The molecule has 11 heteroatoms. The van der Waals surface area contributed by atoms with E-state index in [0.29, 0.717) is 0 Å². The molecule has 0 bridgehead atoms. The number of hydrogen-bond donors (Lipinski definition) is 2. The van der Waals surface area contributed by atoms with Gasteiger partial charge >= 0.3 is 0 Å². The summed E-state index contributed by atoms with van der Waals surface area (Å²) in [5.41, 5.74) is 3.39. The number of nitrogens with zero attached hydrogens (tertiary/aromatic N) is 2. The van der Waals surface area contributed by atoms with Crippen molar-refractivity contribution >= 4 is 38.3 Å². The van der Waals surface area contributed by atoms with Gasteiger partial charge in [0, 0.05) is 24.1 Å². The molecule has 0 radical (unpaired) electrons. The van der Waals surface area contributed by atoms with Gasteiger partial charge in [0.25, 0.3) is 10.0 Å². The molecule has 0 amide bonds. The predicted octanol–water partition coefficient (Wildman–Crippen LogP) is 3.92. The fourth-order valence-electron chi connectivity index (χ4n) is 3.37. The summed E-state index contributed by atoms with van der Waals surface area (Å²) in [7, 11) is -4.21. The molecule has 0 fully saturated rings. The second-order valence-electron chi connectivity index (χ2n) is 6.74. The summed E-state index contributed by atoms with van der Waals surface area (Å²) in [4.78, 5) is 3.14. The Kier molecular flexibility index (Phi) is 5.92. The van der Waals surface area contributed by atoms with E-state index in [1.165, 1.54) is 11.9 Å². The lowest BCUT2D eigenvalue weighted by molar-refractivity contribution is 0.224. The maximum atomic E-state index is 14.7. The molecule has 2 aromatic carbocycles. The highest BCUT2D eigenvalue weighted by Crippen LogP contribution is 2.35. The molecule has 7 nitrogen and oxygen atoms in total. The Hall–Kier alpha value is -2.27. The van der Waals surface area contributed by atoms with Crippen molar-refractivity contribution in [2.75, 3.05) is 11.3 Å². The van der Waals surface area contributed by atoms with Crippen molar-refractivity contribution in [2.45, 2.75) is 30.9 Å². The zero-order valence-corrected chi connectivity index (χ0v) is 18.2. The highest BCUT2D eigenvalue weighted by Gasteiger charge is 2.24. The second-order valence-corrected chi connectivity index (χ2v) is 9.57. The molecular formula is C19H18ClFN4O3S2. The van der Waals surface area contributed by atoms with E-state index in [4.69, 9.17) is 16.3 Å². The number of anilines is 1. The lowest BCUT2D eigenvalue weighted by Crippen LogP contribution is -2.25. The van der Waals surface area contributed by atoms with Gasteiger partial charge in [-0.3, -0.25) is 4.72 Å².